The third kappa shape index (κ3) is 2.21. The molecule has 2 saturated heterocycles. The molecular weight excluding hydrogens is 356 g/mol. The van der Waals surface area contributed by atoms with E-state index in [4.69, 9.17) is 18.9 Å². The molecule has 7 atom stereocenters. The SMILES string of the molecule is C[C@@]12CCC3(C[C@H]1CC(O)[C@H]1[C@H]2CC[C@]2(C)[C@@H]1CCC21OCCO1)OCCO3. The number of rotatable bonds is 0. The van der Waals surface area contributed by atoms with E-state index in [-0.39, 0.29) is 23.1 Å². The van der Waals surface area contributed by atoms with Crippen LogP contribution in [-0.2, 0) is 18.9 Å². The van der Waals surface area contributed by atoms with E-state index in [0.29, 0.717) is 29.1 Å². The van der Waals surface area contributed by atoms with E-state index in [1.165, 1.54) is 6.42 Å². The summed E-state index contributed by atoms with van der Waals surface area (Å²) in [6, 6.07) is 0. The maximum atomic E-state index is 11.4. The van der Waals surface area contributed by atoms with E-state index in [9.17, 15) is 5.11 Å². The first-order valence-electron chi connectivity index (χ1n) is 11.7. The molecule has 5 heteroatoms. The monoisotopic (exact) mass is 392 g/mol. The zero-order valence-corrected chi connectivity index (χ0v) is 17.5. The molecule has 0 amide bonds. The van der Waals surface area contributed by atoms with Crippen molar-refractivity contribution < 1.29 is 24.1 Å². The molecule has 2 spiro atoms. The van der Waals surface area contributed by atoms with Crippen LogP contribution in [0, 0.1) is 34.5 Å². The summed E-state index contributed by atoms with van der Waals surface area (Å²) in [6.45, 7) is 7.80. The molecule has 28 heavy (non-hydrogen) atoms. The number of fused-ring (bicyclic) bond motifs is 6. The molecule has 158 valence electrons. The van der Waals surface area contributed by atoms with E-state index >= 15 is 0 Å². The lowest BCUT2D eigenvalue weighted by Crippen LogP contribution is -2.61. The van der Waals surface area contributed by atoms with Crippen LogP contribution >= 0.6 is 0 Å². The van der Waals surface area contributed by atoms with Crippen LogP contribution in [0.2, 0.25) is 0 Å². The standard InChI is InChI=1S/C23H36O5/c1-20-7-8-22(25-9-10-26-22)14-15(20)13-18(24)19-16(20)3-5-21(2)17(19)4-6-23(21)27-11-12-28-23/h15-19,24H,3-14H2,1-2H3/t15-,16-,17-,18?,19+,20-,21-/m1/s1. The summed E-state index contributed by atoms with van der Waals surface area (Å²) < 4.78 is 24.6. The Morgan fingerprint density at radius 1 is 0.786 bits per heavy atom. The maximum absolute atomic E-state index is 11.4. The Morgan fingerprint density at radius 2 is 1.46 bits per heavy atom. The fourth-order valence-corrected chi connectivity index (χ4v) is 8.81. The second-order valence-corrected chi connectivity index (χ2v) is 11.1. The first kappa shape index (κ1) is 18.6. The third-order valence-corrected chi connectivity index (χ3v) is 10.3. The van der Waals surface area contributed by atoms with Crippen LogP contribution in [0.4, 0.5) is 0 Å². The molecule has 0 bridgehead atoms. The molecule has 1 N–H and O–H groups in total. The van der Waals surface area contributed by atoms with Crippen LogP contribution in [0.25, 0.3) is 0 Å². The van der Waals surface area contributed by atoms with Crippen molar-refractivity contribution >= 4 is 0 Å². The van der Waals surface area contributed by atoms with Crippen LogP contribution in [-0.4, -0.2) is 49.2 Å². The van der Waals surface area contributed by atoms with Crippen LogP contribution in [0.1, 0.15) is 65.2 Å². The van der Waals surface area contributed by atoms with E-state index in [1.807, 2.05) is 0 Å². The van der Waals surface area contributed by atoms with Gasteiger partial charge in [-0.25, -0.2) is 0 Å². The number of aliphatic hydroxyl groups is 1. The zero-order valence-electron chi connectivity index (χ0n) is 17.5. The molecule has 0 aromatic carbocycles. The summed E-state index contributed by atoms with van der Waals surface area (Å²) in [7, 11) is 0. The number of hydrogen-bond acceptors (Lipinski definition) is 5. The fourth-order valence-electron chi connectivity index (χ4n) is 8.81. The topological polar surface area (TPSA) is 57.2 Å². The van der Waals surface area contributed by atoms with Crippen LogP contribution in [0.3, 0.4) is 0 Å². The Hall–Kier alpha value is -0.200. The molecule has 2 heterocycles. The van der Waals surface area contributed by atoms with Crippen molar-refractivity contribution in [2.24, 2.45) is 34.5 Å². The normalized spacial score (nSPS) is 53.9. The van der Waals surface area contributed by atoms with Gasteiger partial charge in [0, 0.05) is 24.7 Å². The minimum absolute atomic E-state index is 0.0441. The smallest absolute Gasteiger partial charge is 0.174 e. The molecule has 4 aliphatic carbocycles. The summed E-state index contributed by atoms with van der Waals surface area (Å²) >= 11 is 0. The maximum Gasteiger partial charge on any atom is 0.174 e. The molecule has 0 aromatic heterocycles. The molecule has 1 unspecified atom stereocenters. The van der Waals surface area contributed by atoms with Crippen molar-refractivity contribution in [3.05, 3.63) is 0 Å². The van der Waals surface area contributed by atoms with Crippen molar-refractivity contribution in [3.8, 4) is 0 Å². The lowest BCUT2D eigenvalue weighted by molar-refractivity contribution is -0.269. The van der Waals surface area contributed by atoms with Crippen molar-refractivity contribution in [1.29, 1.82) is 0 Å². The summed E-state index contributed by atoms with van der Waals surface area (Å²) in [5, 5.41) is 11.4. The van der Waals surface area contributed by atoms with Crippen LogP contribution in [0.5, 0.6) is 0 Å². The van der Waals surface area contributed by atoms with Gasteiger partial charge >= 0.3 is 0 Å². The largest absolute Gasteiger partial charge is 0.393 e. The summed E-state index contributed by atoms with van der Waals surface area (Å²) in [4.78, 5) is 0. The van der Waals surface area contributed by atoms with Crippen LogP contribution < -0.4 is 0 Å². The lowest BCUT2D eigenvalue weighted by atomic mass is 9.44. The molecule has 6 aliphatic rings. The van der Waals surface area contributed by atoms with Gasteiger partial charge in [0.1, 0.15) is 0 Å². The highest BCUT2D eigenvalue weighted by Gasteiger charge is 2.69. The van der Waals surface area contributed by atoms with Gasteiger partial charge in [0.25, 0.3) is 0 Å². The summed E-state index contributed by atoms with van der Waals surface area (Å²) in [5.74, 6) is 1.23. The Bertz CT molecular complexity index is 639. The molecular formula is C23H36O5. The molecule has 6 fully saturated rings. The Labute approximate surface area is 168 Å². The predicted octanol–water partition coefficient (Wildman–Crippen LogP) is 3.49. The molecule has 2 aliphatic heterocycles. The lowest BCUT2D eigenvalue weighted by Gasteiger charge is -2.63. The number of aliphatic hydroxyl groups excluding tert-OH is 1. The van der Waals surface area contributed by atoms with Gasteiger partial charge in [0.05, 0.1) is 32.5 Å². The predicted molar refractivity (Wildman–Crippen MR) is 102 cm³/mol. The van der Waals surface area contributed by atoms with Gasteiger partial charge in [-0.1, -0.05) is 13.8 Å². The average Bonchev–Trinajstić information content (AvgIpc) is 3.39. The van der Waals surface area contributed by atoms with E-state index in [1.54, 1.807) is 0 Å². The Morgan fingerprint density at radius 3 is 2.21 bits per heavy atom. The highest BCUT2D eigenvalue weighted by atomic mass is 16.7. The average molecular weight is 393 g/mol. The van der Waals surface area contributed by atoms with Gasteiger partial charge in [0.15, 0.2) is 11.6 Å². The van der Waals surface area contributed by atoms with Gasteiger partial charge in [-0.3, -0.25) is 0 Å². The molecule has 0 aromatic rings. The van der Waals surface area contributed by atoms with Crippen molar-refractivity contribution in [2.75, 3.05) is 26.4 Å². The van der Waals surface area contributed by atoms with Gasteiger partial charge < -0.3 is 24.1 Å². The molecule has 5 nitrogen and oxygen atoms in total. The first-order valence-corrected chi connectivity index (χ1v) is 11.7. The second-order valence-electron chi connectivity index (χ2n) is 11.1. The van der Waals surface area contributed by atoms with Crippen molar-refractivity contribution in [2.45, 2.75) is 82.9 Å². The van der Waals surface area contributed by atoms with Gasteiger partial charge in [-0.15, -0.1) is 0 Å². The van der Waals surface area contributed by atoms with Gasteiger partial charge in [-0.05, 0) is 61.2 Å². The highest BCUT2D eigenvalue weighted by molar-refractivity contribution is 5.15. The minimum atomic E-state index is -0.387. The Balaban J connectivity index is 1.31. The van der Waals surface area contributed by atoms with Crippen LogP contribution in [0.15, 0.2) is 0 Å². The van der Waals surface area contributed by atoms with E-state index in [2.05, 4.69) is 13.8 Å². The fraction of sp³-hybridized carbons (Fsp3) is 1.00. The third-order valence-electron chi connectivity index (χ3n) is 10.3. The zero-order chi connectivity index (χ0) is 19.2. The van der Waals surface area contributed by atoms with E-state index in [0.717, 1.165) is 71.4 Å². The molecule has 0 radical (unpaired) electrons. The van der Waals surface area contributed by atoms with Crippen molar-refractivity contribution in [1.82, 2.24) is 0 Å². The second kappa shape index (κ2) is 5.94. The number of ether oxygens (including phenoxy) is 4. The minimum Gasteiger partial charge on any atom is -0.393 e. The highest BCUT2D eigenvalue weighted by Crippen LogP contribution is 2.70. The molecule has 4 saturated carbocycles. The summed E-state index contributed by atoms with van der Waals surface area (Å²) in [6.07, 6.45) is 8.28. The van der Waals surface area contributed by atoms with E-state index < -0.39 is 0 Å². The Kier molecular flexibility index (Phi) is 3.94. The number of hydrogen-bond donors (Lipinski definition) is 1. The molecule has 6 rings (SSSR count). The van der Waals surface area contributed by atoms with Crippen molar-refractivity contribution in [3.63, 3.8) is 0 Å². The first-order chi connectivity index (χ1) is 13.4. The van der Waals surface area contributed by atoms with Gasteiger partial charge in [0.2, 0.25) is 0 Å². The quantitative estimate of drug-likeness (QED) is 0.684. The van der Waals surface area contributed by atoms with Gasteiger partial charge in [-0.2, -0.15) is 0 Å². The summed E-state index contributed by atoms with van der Waals surface area (Å²) in [5.41, 5.74) is 0.335.